The number of carbonyl (C=O) groups is 1. The molecule has 0 radical (unpaired) electrons. The van der Waals surface area contributed by atoms with Gasteiger partial charge in [-0.1, -0.05) is 31.5 Å². The molecule has 0 spiro atoms. The zero-order valence-electron chi connectivity index (χ0n) is 23.4. The van der Waals surface area contributed by atoms with Crippen molar-refractivity contribution in [3.63, 3.8) is 0 Å². The third kappa shape index (κ3) is 5.59. The first kappa shape index (κ1) is 27.4. The number of nitrogens with two attached hydrogens (primary N) is 1. The Balaban J connectivity index is 1.30. The minimum Gasteiger partial charge on any atom is -0.350 e. The van der Waals surface area contributed by atoms with E-state index in [2.05, 4.69) is 39.6 Å². The second-order valence-electron chi connectivity index (χ2n) is 10.9. The first-order valence-corrected chi connectivity index (χ1v) is 14.6. The molecule has 1 amide bonds. The van der Waals surface area contributed by atoms with E-state index >= 15 is 0 Å². The Labute approximate surface area is 243 Å². The van der Waals surface area contributed by atoms with Gasteiger partial charge in [0, 0.05) is 74.2 Å². The molecule has 0 saturated carbocycles. The van der Waals surface area contributed by atoms with Crippen LogP contribution in [-0.4, -0.2) is 85.5 Å². The molecule has 0 atom stereocenters. The minimum atomic E-state index is -0.0684. The summed E-state index contributed by atoms with van der Waals surface area (Å²) < 4.78 is 3.46. The van der Waals surface area contributed by atoms with E-state index in [-0.39, 0.29) is 17.9 Å². The fourth-order valence-corrected chi connectivity index (χ4v) is 5.59. The van der Waals surface area contributed by atoms with Crippen molar-refractivity contribution < 1.29 is 4.79 Å². The summed E-state index contributed by atoms with van der Waals surface area (Å²) in [6, 6.07) is 7.64. The number of halogens is 1. The standard InChI is InChI=1S/C28H36ClN11O/c1-18(2)20-17-33-40-25(20)34-28(38-11-6-19(30)7-12-38)35-27(40)32-16-21-22(29)4-3-5-24(21)39-13-8-23(36-39)26(41)37-14-9-31-10-15-37/h3-5,8,13,17-19,31H,6-7,9-12,14-16,30H2,1-2H3,(H,32,34,35). The van der Waals surface area contributed by atoms with Crippen LogP contribution >= 0.6 is 11.6 Å². The molecule has 1 aromatic carbocycles. The van der Waals surface area contributed by atoms with Crippen LogP contribution < -0.4 is 21.3 Å². The molecule has 3 aromatic heterocycles. The summed E-state index contributed by atoms with van der Waals surface area (Å²) >= 11 is 6.73. The number of hydrogen-bond donors (Lipinski definition) is 3. The fraction of sp³-hybridized carbons (Fsp3) is 0.464. The lowest BCUT2D eigenvalue weighted by Crippen LogP contribution is -2.46. The van der Waals surface area contributed by atoms with Crippen molar-refractivity contribution in [2.75, 3.05) is 49.5 Å². The summed E-state index contributed by atoms with van der Waals surface area (Å²) in [5, 5.41) is 16.6. The number of anilines is 2. The van der Waals surface area contributed by atoms with Crippen molar-refractivity contribution in [3.8, 4) is 5.69 Å². The quantitative estimate of drug-likeness (QED) is 0.303. The van der Waals surface area contributed by atoms with E-state index in [4.69, 9.17) is 27.3 Å². The van der Waals surface area contributed by atoms with Gasteiger partial charge in [0.05, 0.1) is 11.9 Å². The molecule has 4 N–H and O–H groups in total. The highest BCUT2D eigenvalue weighted by molar-refractivity contribution is 6.31. The van der Waals surface area contributed by atoms with Gasteiger partial charge in [-0.3, -0.25) is 4.79 Å². The van der Waals surface area contributed by atoms with Gasteiger partial charge in [-0.25, -0.2) is 4.68 Å². The number of hydrogen-bond acceptors (Lipinski definition) is 9. The first-order valence-electron chi connectivity index (χ1n) is 14.2. The summed E-state index contributed by atoms with van der Waals surface area (Å²) in [6.07, 6.45) is 5.46. The number of fused-ring (bicyclic) bond motifs is 1. The number of amides is 1. The highest BCUT2D eigenvalue weighted by Gasteiger charge is 2.24. The predicted octanol–water partition coefficient (Wildman–Crippen LogP) is 2.67. The van der Waals surface area contributed by atoms with Crippen molar-refractivity contribution in [3.05, 3.63) is 58.5 Å². The summed E-state index contributed by atoms with van der Waals surface area (Å²) in [5.41, 5.74) is 10.0. The molecule has 0 bridgehead atoms. The molecule has 5 heterocycles. The highest BCUT2D eigenvalue weighted by atomic mass is 35.5. The molecule has 2 saturated heterocycles. The Hall–Kier alpha value is -3.74. The maximum atomic E-state index is 13.0. The molecule has 2 fully saturated rings. The lowest BCUT2D eigenvalue weighted by molar-refractivity contribution is 0.0729. The van der Waals surface area contributed by atoms with E-state index < -0.39 is 0 Å². The third-order valence-corrected chi connectivity index (χ3v) is 8.16. The van der Waals surface area contributed by atoms with Gasteiger partial charge in [-0.05, 0) is 37.0 Å². The largest absolute Gasteiger partial charge is 0.350 e. The Bertz CT molecular complexity index is 1530. The molecule has 216 valence electrons. The maximum Gasteiger partial charge on any atom is 0.274 e. The molecule has 6 rings (SSSR count). The Morgan fingerprint density at radius 3 is 2.68 bits per heavy atom. The van der Waals surface area contributed by atoms with Gasteiger partial charge in [-0.15, -0.1) is 0 Å². The van der Waals surface area contributed by atoms with Crippen LogP contribution in [0, 0.1) is 0 Å². The van der Waals surface area contributed by atoms with Crippen LogP contribution in [0.15, 0.2) is 36.7 Å². The summed E-state index contributed by atoms with van der Waals surface area (Å²) in [7, 11) is 0. The second-order valence-corrected chi connectivity index (χ2v) is 11.3. The summed E-state index contributed by atoms with van der Waals surface area (Å²) in [6.45, 7) is 9.16. The number of nitrogens with zero attached hydrogens (tertiary/aromatic N) is 8. The molecule has 0 aliphatic carbocycles. The SMILES string of the molecule is CC(C)c1cnn2c(NCc3c(Cl)cccc3-n3ccc(C(=O)N4CCNCC4)n3)nc(N3CCC(N)CC3)nc12. The van der Waals surface area contributed by atoms with Crippen molar-refractivity contribution in [2.24, 2.45) is 5.73 Å². The van der Waals surface area contributed by atoms with E-state index in [0.29, 0.717) is 42.2 Å². The zero-order valence-corrected chi connectivity index (χ0v) is 24.2. The van der Waals surface area contributed by atoms with Gasteiger partial charge in [0.1, 0.15) is 0 Å². The Morgan fingerprint density at radius 1 is 1.15 bits per heavy atom. The van der Waals surface area contributed by atoms with Gasteiger partial charge in [-0.2, -0.15) is 24.7 Å². The van der Waals surface area contributed by atoms with Crippen molar-refractivity contribution in [2.45, 2.75) is 45.2 Å². The monoisotopic (exact) mass is 577 g/mol. The molecular weight excluding hydrogens is 542 g/mol. The van der Waals surface area contributed by atoms with Crippen LogP contribution in [0.1, 0.15) is 54.2 Å². The average molecular weight is 578 g/mol. The van der Waals surface area contributed by atoms with Gasteiger partial charge in [0.15, 0.2) is 11.3 Å². The number of piperazine rings is 1. The van der Waals surface area contributed by atoms with Crippen LogP contribution in [0.2, 0.25) is 5.02 Å². The third-order valence-electron chi connectivity index (χ3n) is 7.80. The van der Waals surface area contributed by atoms with E-state index in [1.807, 2.05) is 29.3 Å². The lowest BCUT2D eigenvalue weighted by Gasteiger charge is -2.30. The summed E-state index contributed by atoms with van der Waals surface area (Å²) in [5.74, 6) is 1.43. The molecule has 41 heavy (non-hydrogen) atoms. The number of rotatable bonds is 7. The zero-order chi connectivity index (χ0) is 28.5. The normalized spacial score (nSPS) is 16.6. The highest BCUT2D eigenvalue weighted by Crippen LogP contribution is 2.27. The van der Waals surface area contributed by atoms with Gasteiger partial charge >= 0.3 is 0 Å². The van der Waals surface area contributed by atoms with Crippen molar-refractivity contribution in [1.82, 2.24) is 39.6 Å². The Morgan fingerprint density at radius 2 is 1.93 bits per heavy atom. The van der Waals surface area contributed by atoms with E-state index in [1.165, 1.54) is 0 Å². The minimum absolute atomic E-state index is 0.0684. The van der Waals surface area contributed by atoms with Crippen LogP contribution in [0.4, 0.5) is 11.9 Å². The first-order chi connectivity index (χ1) is 19.9. The van der Waals surface area contributed by atoms with Gasteiger partial charge < -0.3 is 26.2 Å². The smallest absolute Gasteiger partial charge is 0.274 e. The summed E-state index contributed by atoms with van der Waals surface area (Å²) in [4.78, 5) is 26.8. The van der Waals surface area contributed by atoms with Gasteiger partial charge in [0.25, 0.3) is 5.91 Å². The van der Waals surface area contributed by atoms with E-state index in [0.717, 1.165) is 61.5 Å². The molecule has 0 unspecified atom stereocenters. The molecule has 13 heteroatoms. The average Bonchev–Trinajstić information content (AvgIpc) is 3.65. The topological polar surface area (TPSA) is 135 Å². The van der Waals surface area contributed by atoms with Gasteiger partial charge in [0.2, 0.25) is 11.9 Å². The molecular formula is C28H36ClN11O. The lowest BCUT2D eigenvalue weighted by atomic mass is 10.1. The van der Waals surface area contributed by atoms with Crippen LogP contribution in [-0.2, 0) is 6.54 Å². The fourth-order valence-electron chi connectivity index (χ4n) is 5.35. The van der Waals surface area contributed by atoms with Crippen LogP contribution in [0.25, 0.3) is 11.3 Å². The van der Waals surface area contributed by atoms with Crippen LogP contribution in [0.3, 0.4) is 0 Å². The van der Waals surface area contributed by atoms with E-state index in [9.17, 15) is 4.79 Å². The van der Waals surface area contributed by atoms with E-state index in [1.54, 1.807) is 21.5 Å². The second kappa shape index (κ2) is 11.6. The number of benzene rings is 1. The van der Waals surface area contributed by atoms with Crippen molar-refractivity contribution >= 4 is 35.1 Å². The Kier molecular flexibility index (Phi) is 7.78. The van der Waals surface area contributed by atoms with Crippen LogP contribution in [0.5, 0.6) is 0 Å². The van der Waals surface area contributed by atoms with Crippen molar-refractivity contribution in [1.29, 1.82) is 0 Å². The molecule has 12 nitrogen and oxygen atoms in total. The number of carbonyl (C=O) groups excluding carboxylic acids is 1. The number of aromatic nitrogens is 6. The number of nitrogens with one attached hydrogen (secondary N) is 2. The number of piperidine rings is 1. The molecule has 2 aliphatic rings. The predicted molar refractivity (Wildman–Crippen MR) is 159 cm³/mol. The molecule has 4 aromatic rings. The maximum absolute atomic E-state index is 13.0. The molecule has 2 aliphatic heterocycles.